The predicted molar refractivity (Wildman–Crippen MR) is 75.0 cm³/mol. The number of nitrogens with zero attached hydrogens (tertiary/aromatic N) is 2. The maximum atomic E-state index is 12.6. The number of hydrogen-bond donors (Lipinski definition) is 0. The molecular formula is C14H16N2O2S. The number of thiophene rings is 1. The third-order valence-electron chi connectivity index (χ3n) is 3.25. The van der Waals surface area contributed by atoms with Crippen LogP contribution in [0.1, 0.15) is 16.6 Å². The van der Waals surface area contributed by atoms with Crippen molar-refractivity contribution in [3.05, 3.63) is 40.8 Å². The molecule has 1 fully saturated rings. The van der Waals surface area contributed by atoms with Gasteiger partial charge in [-0.05, 0) is 30.5 Å². The van der Waals surface area contributed by atoms with Crippen LogP contribution in [0.25, 0.3) is 5.69 Å². The standard InChI is InChI=1S/C14H16N2O2S/c1-11-10-16(7-8-18-11)14(17)13-12(4-9-19-13)15-5-2-3-6-15/h2-6,9,11H,7-8,10H2,1H3/t11-/m1/s1. The molecule has 1 saturated heterocycles. The van der Waals surface area contributed by atoms with E-state index >= 15 is 0 Å². The van der Waals surface area contributed by atoms with Gasteiger partial charge < -0.3 is 14.2 Å². The van der Waals surface area contributed by atoms with Crippen LogP contribution in [0.3, 0.4) is 0 Å². The van der Waals surface area contributed by atoms with Gasteiger partial charge in [-0.15, -0.1) is 11.3 Å². The SMILES string of the molecule is C[C@@H]1CN(C(=O)c2sccc2-n2cccc2)CCO1. The molecule has 0 N–H and O–H groups in total. The number of rotatable bonds is 2. The van der Waals surface area contributed by atoms with Crippen LogP contribution in [-0.2, 0) is 4.74 Å². The minimum absolute atomic E-state index is 0.105. The zero-order chi connectivity index (χ0) is 13.2. The fourth-order valence-electron chi connectivity index (χ4n) is 2.31. The van der Waals surface area contributed by atoms with E-state index in [-0.39, 0.29) is 12.0 Å². The van der Waals surface area contributed by atoms with Gasteiger partial charge in [0.05, 0.1) is 18.4 Å². The Morgan fingerprint density at radius 1 is 1.42 bits per heavy atom. The largest absolute Gasteiger partial charge is 0.375 e. The topological polar surface area (TPSA) is 34.5 Å². The number of carbonyl (C=O) groups is 1. The monoisotopic (exact) mass is 276 g/mol. The van der Waals surface area contributed by atoms with E-state index < -0.39 is 0 Å². The highest BCUT2D eigenvalue weighted by Gasteiger charge is 2.25. The van der Waals surface area contributed by atoms with Gasteiger partial charge in [0.1, 0.15) is 4.88 Å². The molecule has 19 heavy (non-hydrogen) atoms. The first-order valence-corrected chi connectivity index (χ1v) is 7.25. The number of carbonyl (C=O) groups excluding carboxylic acids is 1. The molecule has 5 heteroatoms. The summed E-state index contributed by atoms with van der Waals surface area (Å²) in [5.74, 6) is 0.105. The molecule has 1 aliphatic heterocycles. The van der Waals surface area contributed by atoms with E-state index in [1.807, 2.05) is 52.4 Å². The van der Waals surface area contributed by atoms with E-state index in [0.29, 0.717) is 19.7 Å². The van der Waals surface area contributed by atoms with Crippen LogP contribution in [0, 0.1) is 0 Å². The highest BCUT2D eigenvalue weighted by atomic mass is 32.1. The Labute approximate surface area is 116 Å². The number of amides is 1. The van der Waals surface area contributed by atoms with Gasteiger partial charge in [0.15, 0.2) is 0 Å². The molecule has 0 saturated carbocycles. The van der Waals surface area contributed by atoms with Crippen molar-refractivity contribution in [2.45, 2.75) is 13.0 Å². The van der Waals surface area contributed by atoms with Crippen LogP contribution in [0.4, 0.5) is 0 Å². The summed E-state index contributed by atoms with van der Waals surface area (Å²) in [6.45, 7) is 3.96. The lowest BCUT2D eigenvalue weighted by atomic mass is 10.2. The van der Waals surface area contributed by atoms with E-state index in [1.54, 1.807) is 0 Å². The lowest BCUT2D eigenvalue weighted by Gasteiger charge is -2.31. The fourth-order valence-corrected chi connectivity index (χ4v) is 3.16. The summed E-state index contributed by atoms with van der Waals surface area (Å²) in [5, 5.41) is 1.96. The Morgan fingerprint density at radius 2 is 2.21 bits per heavy atom. The lowest BCUT2D eigenvalue weighted by molar-refractivity contribution is -0.0122. The average Bonchev–Trinajstić information content (AvgIpc) is 3.08. The molecule has 3 heterocycles. The summed E-state index contributed by atoms with van der Waals surface area (Å²) < 4.78 is 7.46. The van der Waals surface area contributed by atoms with Gasteiger partial charge in [-0.2, -0.15) is 0 Å². The van der Waals surface area contributed by atoms with Gasteiger partial charge in [-0.3, -0.25) is 4.79 Å². The molecule has 0 aromatic carbocycles. The van der Waals surface area contributed by atoms with Crippen LogP contribution in [0.15, 0.2) is 36.0 Å². The Hall–Kier alpha value is -1.59. The number of hydrogen-bond acceptors (Lipinski definition) is 3. The van der Waals surface area contributed by atoms with Crippen molar-refractivity contribution >= 4 is 17.2 Å². The van der Waals surface area contributed by atoms with Crippen LogP contribution in [0.5, 0.6) is 0 Å². The van der Waals surface area contributed by atoms with E-state index in [4.69, 9.17) is 4.74 Å². The van der Waals surface area contributed by atoms with Gasteiger partial charge in [0.25, 0.3) is 5.91 Å². The van der Waals surface area contributed by atoms with Gasteiger partial charge in [0.2, 0.25) is 0 Å². The van der Waals surface area contributed by atoms with Crippen molar-refractivity contribution in [1.82, 2.24) is 9.47 Å². The smallest absolute Gasteiger partial charge is 0.266 e. The predicted octanol–water partition coefficient (Wildman–Crippen LogP) is 2.40. The molecule has 0 radical (unpaired) electrons. The highest BCUT2D eigenvalue weighted by Crippen LogP contribution is 2.24. The summed E-state index contributed by atoms with van der Waals surface area (Å²) >= 11 is 1.50. The van der Waals surface area contributed by atoms with Crippen molar-refractivity contribution in [3.63, 3.8) is 0 Å². The molecule has 3 rings (SSSR count). The Bertz CT molecular complexity index is 562. The van der Waals surface area contributed by atoms with Crippen LogP contribution in [0.2, 0.25) is 0 Å². The third kappa shape index (κ3) is 2.43. The first-order chi connectivity index (χ1) is 9.25. The second-order valence-corrected chi connectivity index (χ2v) is 5.57. The molecule has 2 aromatic heterocycles. The van der Waals surface area contributed by atoms with Crippen molar-refractivity contribution < 1.29 is 9.53 Å². The summed E-state index contributed by atoms with van der Waals surface area (Å²) in [6.07, 6.45) is 4.04. The molecular weight excluding hydrogens is 260 g/mol. The second-order valence-electron chi connectivity index (χ2n) is 4.66. The minimum atomic E-state index is 0.105. The van der Waals surface area contributed by atoms with Crippen molar-refractivity contribution in [1.29, 1.82) is 0 Å². The van der Waals surface area contributed by atoms with Crippen molar-refractivity contribution in [2.24, 2.45) is 0 Å². The average molecular weight is 276 g/mol. The molecule has 1 aliphatic rings. The third-order valence-corrected chi connectivity index (χ3v) is 4.14. The zero-order valence-electron chi connectivity index (χ0n) is 10.8. The fraction of sp³-hybridized carbons (Fsp3) is 0.357. The quantitative estimate of drug-likeness (QED) is 0.844. The van der Waals surface area contributed by atoms with E-state index in [9.17, 15) is 4.79 Å². The first-order valence-electron chi connectivity index (χ1n) is 6.37. The maximum absolute atomic E-state index is 12.6. The van der Waals surface area contributed by atoms with E-state index in [1.165, 1.54) is 11.3 Å². The molecule has 0 bridgehead atoms. The summed E-state index contributed by atoms with van der Waals surface area (Å²) in [6, 6.07) is 5.91. The molecule has 0 unspecified atom stereocenters. The molecule has 4 nitrogen and oxygen atoms in total. The van der Waals surface area contributed by atoms with Crippen molar-refractivity contribution in [2.75, 3.05) is 19.7 Å². The zero-order valence-corrected chi connectivity index (χ0v) is 11.6. The first kappa shape index (κ1) is 12.4. The Morgan fingerprint density at radius 3 is 2.95 bits per heavy atom. The number of morpholine rings is 1. The van der Waals surface area contributed by atoms with Gasteiger partial charge in [-0.1, -0.05) is 0 Å². The minimum Gasteiger partial charge on any atom is -0.375 e. The summed E-state index contributed by atoms with van der Waals surface area (Å²) in [7, 11) is 0. The van der Waals surface area contributed by atoms with E-state index in [2.05, 4.69) is 0 Å². The molecule has 0 spiro atoms. The van der Waals surface area contributed by atoms with Crippen LogP contribution in [-0.4, -0.2) is 41.2 Å². The molecule has 1 atom stereocenters. The van der Waals surface area contributed by atoms with Crippen molar-refractivity contribution in [3.8, 4) is 5.69 Å². The molecule has 0 aliphatic carbocycles. The molecule has 2 aromatic rings. The van der Waals surface area contributed by atoms with Crippen LogP contribution >= 0.6 is 11.3 Å². The Balaban J connectivity index is 1.86. The van der Waals surface area contributed by atoms with Crippen LogP contribution < -0.4 is 0 Å². The lowest BCUT2D eigenvalue weighted by Crippen LogP contribution is -2.44. The maximum Gasteiger partial charge on any atom is 0.266 e. The number of aromatic nitrogens is 1. The van der Waals surface area contributed by atoms with Gasteiger partial charge in [-0.25, -0.2) is 0 Å². The normalized spacial score (nSPS) is 19.6. The number of ether oxygens (including phenoxy) is 1. The van der Waals surface area contributed by atoms with Gasteiger partial charge in [0, 0.05) is 25.5 Å². The summed E-state index contributed by atoms with van der Waals surface area (Å²) in [4.78, 5) is 15.3. The highest BCUT2D eigenvalue weighted by molar-refractivity contribution is 7.12. The Kier molecular flexibility index (Phi) is 3.40. The summed E-state index contributed by atoms with van der Waals surface area (Å²) in [5.41, 5.74) is 0.958. The molecule has 100 valence electrons. The molecule has 1 amide bonds. The second kappa shape index (κ2) is 5.19. The van der Waals surface area contributed by atoms with Gasteiger partial charge >= 0.3 is 0 Å². The van der Waals surface area contributed by atoms with E-state index in [0.717, 1.165) is 10.6 Å².